The Labute approximate surface area is 178 Å². The Morgan fingerprint density at radius 3 is 2.87 bits per heavy atom. The zero-order valence-electron chi connectivity index (χ0n) is 15.9. The van der Waals surface area contributed by atoms with Crippen molar-refractivity contribution in [3.63, 3.8) is 0 Å². The molecule has 0 saturated carbocycles. The number of pyridine rings is 1. The van der Waals surface area contributed by atoms with E-state index in [0.717, 1.165) is 16.9 Å². The van der Waals surface area contributed by atoms with E-state index in [1.165, 1.54) is 0 Å². The SMILES string of the molecule is N#Cc1ccccc1COc1cccc(C(=O)NCc2cn3cc(Cl)ccc3n2)c1. The number of aromatic nitrogens is 2. The van der Waals surface area contributed by atoms with Gasteiger partial charge in [-0.25, -0.2) is 4.98 Å². The van der Waals surface area contributed by atoms with Gasteiger partial charge in [-0.2, -0.15) is 5.26 Å². The number of ether oxygens (including phenoxy) is 1. The molecule has 0 unspecified atom stereocenters. The molecule has 0 atom stereocenters. The predicted octanol–water partition coefficient (Wildman–Crippen LogP) is 4.37. The molecule has 7 heteroatoms. The van der Waals surface area contributed by atoms with Gasteiger partial charge in [0.05, 0.1) is 28.9 Å². The van der Waals surface area contributed by atoms with E-state index >= 15 is 0 Å². The summed E-state index contributed by atoms with van der Waals surface area (Å²) in [7, 11) is 0. The second kappa shape index (κ2) is 8.68. The molecule has 0 aliphatic rings. The average Bonchev–Trinajstić information content (AvgIpc) is 3.18. The first-order valence-electron chi connectivity index (χ1n) is 9.24. The van der Waals surface area contributed by atoms with Gasteiger partial charge in [0.15, 0.2) is 0 Å². The molecule has 1 N–H and O–H groups in total. The number of carbonyl (C=O) groups is 1. The molecular formula is C23H17ClN4O2. The summed E-state index contributed by atoms with van der Waals surface area (Å²) in [5.74, 6) is 0.325. The fraction of sp³-hybridized carbons (Fsp3) is 0.0870. The van der Waals surface area contributed by atoms with Gasteiger partial charge in [-0.3, -0.25) is 4.79 Å². The van der Waals surface area contributed by atoms with Crippen molar-refractivity contribution in [2.24, 2.45) is 0 Å². The Hall–Kier alpha value is -3.82. The number of nitrogens with one attached hydrogen (secondary N) is 1. The standard InChI is InChI=1S/C23H17ClN4O2/c24-19-8-9-22-27-20(14-28(22)13-19)12-26-23(29)16-6-3-7-21(10-16)30-15-18-5-2-1-4-17(18)11-25/h1-10,13-14H,12,15H2,(H,26,29). The number of rotatable bonds is 6. The quantitative estimate of drug-likeness (QED) is 0.506. The highest BCUT2D eigenvalue weighted by molar-refractivity contribution is 6.30. The third-order valence-electron chi connectivity index (χ3n) is 4.52. The van der Waals surface area contributed by atoms with E-state index < -0.39 is 0 Å². The summed E-state index contributed by atoms with van der Waals surface area (Å²) in [6, 6.07) is 19.9. The van der Waals surface area contributed by atoms with Crippen LogP contribution in [0.3, 0.4) is 0 Å². The normalized spacial score (nSPS) is 10.5. The Bertz CT molecular complexity index is 1260. The minimum atomic E-state index is -0.229. The van der Waals surface area contributed by atoms with Gasteiger partial charge in [-0.15, -0.1) is 0 Å². The average molecular weight is 417 g/mol. The topological polar surface area (TPSA) is 79.4 Å². The molecule has 30 heavy (non-hydrogen) atoms. The van der Waals surface area contributed by atoms with Gasteiger partial charge in [-0.05, 0) is 36.4 Å². The summed E-state index contributed by atoms with van der Waals surface area (Å²) in [5.41, 5.74) is 3.33. The largest absolute Gasteiger partial charge is 0.489 e. The fourth-order valence-corrected chi connectivity index (χ4v) is 3.19. The number of amides is 1. The highest BCUT2D eigenvalue weighted by Crippen LogP contribution is 2.17. The first kappa shape index (κ1) is 19.5. The van der Waals surface area contributed by atoms with E-state index in [2.05, 4.69) is 16.4 Å². The number of carbonyl (C=O) groups excluding carboxylic acids is 1. The highest BCUT2D eigenvalue weighted by atomic mass is 35.5. The number of halogens is 1. The van der Waals surface area contributed by atoms with Crippen molar-refractivity contribution in [2.75, 3.05) is 0 Å². The molecule has 0 bridgehead atoms. The Kier molecular flexibility index (Phi) is 5.64. The van der Waals surface area contributed by atoms with Crippen LogP contribution in [-0.4, -0.2) is 15.3 Å². The Morgan fingerprint density at radius 1 is 1.13 bits per heavy atom. The zero-order chi connectivity index (χ0) is 20.9. The van der Waals surface area contributed by atoms with Crippen LogP contribution >= 0.6 is 11.6 Å². The molecule has 0 spiro atoms. The van der Waals surface area contributed by atoms with Gasteiger partial charge in [0.2, 0.25) is 0 Å². The zero-order valence-corrected chi connectivity index (χ0v) is 16.6. The molecule has 0 saturated heterocycles. The minimum Gasteiger partial charge on any atom is -0.489 e. The molecule has 0 radical (unpaired) electrons. The summed E-state index contributed by atoms with van der Waals surface area (Å²) in [4.78, 5) is 17.0. The Morgan fingerprint density at radius 2 is 2.00 bits per heavy atom. The van der Waals surface area contributed by atoms with Crippen LogP contribution in [0.1, 0.15) is 27.2 Å². The summed E-state index contributed by atoms with van der Waals surface area (Å²) >= 11 is 5.99. The van der Waals surface area contributed by atoms with Crippen LogP contribution in [-0.2, 0) is 13.2 Å². The van der Waals surface area contributed by atoms with E-state index in [4.69, 9.17) is 16.3 Å². The lowest BCUT2D eigenvalue weighted by Crippen LogP contribution is -2.22. The van der Waals surface area contributed by atoms with Crippen LogP contribution < -0.4 is 10.1 Å². The molecule has 0 aliphatic heterocycles. The van der Waals surface area contributed by atoms with Gasteiger partial charge in [0.1, 0.15) is 18.0 Å². The molecule has 0 fully saturated rings. The van der Waals surface area contributed by atoms with Crippen LogP contribution in [0.25, 0.3) is 5.65 Å². The van der Waals surface area contributed by atoms with Crippen molar-refractivity contribution in [3.05, 3.63) is 100 Å². The lowest BCUT2D eigenvalue weighted by atomic mass is 10.1. The number of nitrogens with zero attached hydrogens (tertiary/aromatic N) is 3. The first-order chi connectivity index (χ1) is 14.6. The van der Waals surface area contributed by atoms with Crippen LogP contribution in [0.15, 0.2) is 73.1 Å². The smallest absolute Gasteiger partial charge is 0.251 e. The van der Waals surface area contributed by atoms with Crippen molar-refractivity contribution < 1.29 is 9.53 Å². The number of imidazole rings is 1. The summed E-state index contributed by atoms with van der Waals surface area (Å²) in [6.45, 7) is 0.539. The molecule has 0 aliphatic carbocycles. The summed E-state index contributed by atoms with van der Waals surface area (Å²) < 4.78 is 7.60. The molecule has 2 aromatic carbocycles. The molecule has 4 rings (SSSR count). The third kappa shape index (κ3) is 4.43. The van der Waals surface area contributed by atoms with E-state index in [1.54, 1.807) is 42.6 Å². The first-order valence-corrected chi connectivity index (χ1v) is 9.62. The van der Waals surface area contributed by atoms with Gasteiger partial charge < -0.3 is 14.5 Å². The van der Waals surface area contributed by atoms with Gasteiger partial charge in [0, 0.05) is 23.5 Å². The lowest BCUT2D eigenvalue weighted by Gasteiger charge is -2.09. The maximum absolute atomic E-state index is 12.5. The molecule has 1 amide bonds. The predicted molar refractivity (Wildman–Crippen MR) is 113 cm³/mol. The minimum absolute atomic E-state index is 0.229. The highest BCUT2D eigenvalue weighted by Gasteiger charge is 2.09. The summed E-state index contributed by atoms with van der Waals surface area (Å²) in [6.07, 6.45) is 3.59. The van der Waals surface area contributed by atoms with Gasteiger partial charge in [0.25, 0.3) is 5.91 Å². The van der Waals surface area contributed by atoms with Crippen LogP contribution in [0.2, 0.25) is 5.02 Å². The monoisotopic (exact) mass is 416 g/mol. The number of hydrogen-bond acceptors (Lipinski definition) is 4. The fourth-order valence-electron chi connectivity index (χ4n) is 3.02. The molecular weight excluding hydrogens is 400 g/mol. The maximum Gasteiger partial charge on any atom is 0.251 e. The van der Waals surface area contributed by atoms with Crippen molar-refractivity contribution in [1.82, 2.24) is 14.7 Å². The number of fused-ring (bicyclic) bond motifs is 1. The van der Waals surface area contributed by atoms with E-state index in [0.29, 0.717) is 28.4 Å². The number of hydrogen-bond donors (Lipinski definition) is 1. The number of nitriles is 1. The van der Waals surface area contributed by atoms with Gasteiger partial charge in [-0.1, -0.05) is 35.9 Å². The summed E-state index contributed by atoms with van der Waals surface area (Å²) in [5, 5.41) is 12.7. The molecule has 2 aromatic heterocycles. The Balaban J connectivity index is 1.40. The van der Waals surface area contributed by atoms with E-state index in [1.807, 2.05) is 34.9 Å². The second-order valence-electron chi connectivity index (χ2n) is 6.61. The van der Waals surface area contributed by atoms with Crippen molar-refractivity contribution >= 4 is 23.2 Å². The molecule has 6 nitrogen and oxygen atoms in total. The molecule has 148 valence electrons. The van der Waals surface area contributed by atoms with E-state index in [9.17, 15) is 10.1 Å². The number of benzene rings is 2. The van der Waals surface area contributed by atoms with Crippen molar-refractivity contribution in [3.8, 4) is 11.8 Å². The van der Waals surface area contributed by atoms with Crippen molar-refractivity contribution in [1.29, 1.82) is 5.26 Å². The van der Waals surface area contributed by atoms with E-state index in [-0.39, 0.29) is 12.5 Å². The lowest BCUT2D eigenvalue weighted by molar-refractivity contribution is 0.0950. The second-order valence-corrected chi connectivity index (χ2v) is 7.05. The van der Waals surface area contributed by atoms with Gasteiger partial charge >= 0.3 is 0 Å². The maximum atomic E-state index is 12.5. The van der Waals surface area contributed by atoms with Crippen LogP contribution in [0, 0.1) is 11.3 Å². The van der Waals surface area contributed by atoms with Crippen molar-refractivity contribution in [2.45, 2.75) is 13.2 Å². The van der Waals surface area contributed by atoms with Crippen LogP contribution in [0.5, 0.6) is 5.75 Å². The molecule has 2 heterocycles. The van der Waals surface area contributed by atoms with Crippen LogP contribution in [0.4, 0.5) is 0 Å². The third-order valence-corrected chi connectivity index (χ3v) is 4.75. The molecule has 4 aromatic rings.